The molecule has 1 aromatic carbocycles. The van der Waals surface area contributed by atoms with Crippen LogP contribution in [0.15, 0.2) is 48.7 Å². The number of hydrogen-bond acceptors (Lipinski definition) is 3. The number of benzene rings is 1. The Morgan fingerprint density at radius 3 is 2.58 bits per heavy atom. The Bertz CT molecular complexity index is 496. The highest BCUT2D eigenvalue weighted by molar-refractivity contribution is 5.53. The van der Waals surface area contributed by atoms with Crippen LogP contribution in [0, 0.1) is 0 Å². The van der Waals surface area contributed by atoms with Crippen LogP contribution in [0.1, 0.15) is 31.9 Å². The van der Waals surface area contributed by atoms with Gasteiger partial charge in [-0.2, -0.15) is 0 Å². The number of anilines is 2. The van der Waals surface area contributed by atoms with Gasteiger partial charge in [0, 0.05) is 24.5 Å². The Morgan fingerprint density at radius 2 is 1.89 bits per heavy atom. The van der Waals surface area contributed by atoms with Crippen LogP contribution >= 0.6 is 0 Å². The lowest BCUT2D eigenvalue weighted by molar-refractivity contribution is 0.749. The molecule has 100 valence electrons. The molecule has 2 N–H and O–H groups in total. The third-order valence-electron chi connectivity index (χ3n) is 3.07. The van der Waals surface area contributed by atoms with E-state index in [0.29, 0.717) is 6.04 Å². The van der Waals surface area contributed by atoms with Gasteiger partial charge in [-0.05, 0) is 25.0 Å². The topological polar surface area (TPSA) is 37.0 Å². The molecule has 0 amide bonds. The average molecular weight is 255 g/mol. The first kappa shape index (κ1) is 13.4. The fourth-order valence-electron chi connectivity index (χ4n) is 2.11. The van der Waals surface area contributed by atoms with Crippen molar-refractivity contribution in [3.05, 3.63) is 54.2 Å². The molecule has 0 fully saturated rings. The fraction of sp³-hybridized carbons (Fsp3) is 0.312. The molecule has 19 heavy (non-hydrogen) atoms. The first-order chi connectivity index (χ1) is 9.33. The van der Waals surface area contributed by atoms with Crippen LogP contribution in [0.3, 0.4) is 0 Å². The second kappa shape index (κ2) is 6.78. The quantitative estimate of drug-likeness (QED) is 0.816. The van der Waals surface area contributed by atoms with E-state index < -0.39 is 0 Å². The summed E-state index contributed by atoms with van der Waals surface area (Å²) in [4.78, 5) is 4.28. The summed E-state index contributed by atoms with van der Waals surface area (Å²) < 4.78 is 0. The summed E-state index contributed by atoms with van der Waals surface area (Å²) in [6, 6.07) is 14.9. The van der Waals surface area contributed by atoms with Gasteiger partial charge in [0.25, 0.3) is 0 Å². The smallest absolute Gasteiger partial charge is 0.127 e. The summed E-state index contributed by atoms with van der Waals surface area (Å²) in [5.74, 6) is 0.912. The standard InChI is InChI=1S/C16H21N3/c1-3-15(13-8-6-5-7-9-13)19-14-10-11-18-16(12-14)17-4-2/h5-12,15H,3-4H2,1-2H3,(H2,17,18,19). The van der Waals surface area contributed by atoms with Crippen molar-refractivity contribution < 1.29 is 0 Å². The number of rotatable bonds is 6. The van der Waals surface area contributed by atoms with Crippen molar-refractivity contribution in [2.75, 3.05) is 17.2 Å². The largest absolute Gasteiger partial charge is 0.378 e. The van der Waals surface area contributed by atoms with Crippen molar-refractivity contribution in [3.8, 4) is 0 Å². The maximum atomic E-state index is 4.28. The fourth-order valence-corrected chi connectivity index (χ4v) is 2.11. The minimum Gasteiger partial charge on any atom is -0.378 e. The molecule has 2 aromatic rings. The molecule has 0 radical (unpaired) electrons. The van der Waals surface area contributed by atoms with Crippen LogP contribution in [0.25, 0.3) is 0 Å². The normalized spacial score (nSPS) is 11.9. The van der Waals surface area contributed by atoms with Gasteiger partial charge in [0.05, 0.1) is 6.04 Å². The summed E-state index contributed by atoms with van der Waals surface area (Å²) in [7, 11) is 0. The van der Waals surface area contributed by atoms with Gasteiger partial charge in [-0.25, -0.2) is 4.98 Å². The predicted octanol–water partition coefficient (Wildman–Crippen LogP) is 4.08. The molecule has 0 aliphatic rings. The zero-order valence-electron chi connectivity index (χ0n) is 11.6. The van der Waals surface area contributed by atoms with Gasteiger partial charge < -0.3 is 10.6 Å². The van der Waals surface area contributed by atoms with Gasteiger partial charge in [0.15, 0.2) is 0 Å². The summed E-state index contributed by atoms with van der Waals surface area (Å²) in [5, 5.41) is 6.79. The second-order valence-corrected chi connectivity index (χ2v) is 4.48. The highest BCUT2D eigenvalue weighted by atomic mass is 15.0. The summed E-state index contributed by atoms with van der Waals surface area (Å²) in [6.07, 6.45) is 2.88. The van der Waals surface area contributed by atoms with Crippen molar-refractivity contribution >= 4 is 11.5 Å². The third kappa shape index (κ3) is 3.71. The van der Waals surface area contributed by atoms with Crippen molar-refractivity contribution in [1.29, 1.82) is 0 Å². The van der Waals surface area contributed by atoms with Gasteiger partial charge in [-0.1, -0.05) is 37.3 Å². The lowest BCUT2D eigenvalue weighted by atomic mass is 10.0. The maximum absolute atomic E-state index is 4.28. The molecule has 0 bridgehead atoms. The maximum Gasteiger partial charge on any atom is 0.127 e. The SMILES string of the molecule is CCNc1cc(NC(CC)c2ccccc2)ccn1. The van der Waals surface area contributed by atoms with Crippen molar-refractivity contribution in [1.82, 2.24) is 4.98 Å². The lowest BCUT2D eigenvalue weighted by Gasteiger charge is -2.19. The van der Waals surface area contributed by atoms with E-state index >= 15 is 0 Å². The van der Waals surface area contributed by atoms with E-state index in [0.717, 1.165) is 24.5 Å². The molecule has 1 heterocycles. The Balaban J connectivity index is 2.12. The monoisotopic (exact) mass is 255 g/mol. The predicted molar refractivity (Wildman–Crippen MR) is 81.5 cm³/mol. The van der Waals surface area contributed by atoms with E-state index in [-0.39, 0.29) is 0 Å². The van der Waals surface area contributed by atoms with Crippen molar-refractivity contribution in [2.45, 2.75) is 26.3 Å². The van der Waals surface area contributed by atoms with Crippen LogP contribution in [0.5, 0.6) is 0 Å². The molecule has 0 aliphatic carbocycles. The van der Waals surface area contributed by atoms with Crippen LogP contribution in [0.2, 0.25) is 0 Å². The van der Waals surface area contributed by atoms with E-state index in [9.17, 15) is 0 Å². The Kier molecular flexibility index (Phi) is 4.78. The molecule has 1 aromatic heterocycles. The van der Waals surface area contributed by atoms with Crippen LogP contribution < -0.4 is 10.6 Å². The molecule has 0 saturated carbocycles. The van der Waals surface area contributed by atoms with E-state index in [4.69, 9.17) is 0 Å². The van der Waals surface area contributed by atoms with Crippen molar-refractivity contribution in [3.63, 3.8) is 0 Å². The molecule has 0 spiro atoms. The Labute approximate surface area is 115 Å². The van der Waals surface area contributed by atoms with Crippen LogP contribution in [-0.2, 0) is 0 Å². The summed E-state index contributed by atoms with van der Waals surface area (Å²) in [5.41, 5.74) is 2.41. The second-order valence-electron chi connectivity index (χ2n) is 4.48. The molecule has 1 atom stereocenters. The van der Waals surface area contributed by atoms with Gasteiger partial charge in [-0.15, -0.1) is 0 Å². The zero-order chi connectivity index (χ0) is 13.5. The molecule has 0 saturated heterocycles. The first-order valence-corrected chi connectivity index (χ1v) is 6.85. The molecule has 1 unspecified atom stereocenters. The number of aromatic nitrogens is 1. The van der Waals surface area contributed by atoms with E-state index in [1.54, 1.807) is 0 Å². The van der Waals surface area contributed by atoms with Crippen LogP contribution in [0.4, 0.5) is 11.5 Å². The van der Waals surface area contributed by atoms with Crippen LogP contribution in [-0.4, -0.2) is 11.5 Å². The zero-order valence-corrected chi connectivity index (χ0v) is 11.6. The third-order valence-corrected chi connectivity index (χ3v) is 3.07. The van der Waals surface area contributed by atoms with E-state index in [1.165, 1.54) is 5.56 Å². The highest BCUT2D eigenvalue weighted by Gasteiger charge is 2.08. The molecule has 3 nitrogen and oxygen atoms in total. The number of nitrogens with zero attached hydrogens (tertiary/aromatic N) is 1. The number of nitrogens with one attached hydrogen (secondary N) is 2. The summed E-state index contributed by atoms with van der Waals surface area (Å²) >= 11 is 0. The molecule has 3 heteroatoms. The van der Waals surface area contributed by atoms with E-state index in [1.807, 2.05) is 18.3 Å². The van der Waals surface area contributed by atoms with Crippen molar-refractivity contribution in [2.24, 2.45) is 0 Å². The molecule has 2 rings (SSSR count). The minimum atomic E-state index is 0.332. The Morgan fingerprint density at radius 1 is 1.11 bits per heavy atom. The molecular formula is C16H21N3. The molecule has 0 aliphatic heterocycles. The van der Waals surface area contributed by atoms with E-state index in [2.05, 4.69) is 59.8 Å². The van der Waals surface area contributed by atoms with Gasteiger partial charge in [0.2, 0.25) is 0 Å². The van der Waals surface area contributed by atoms with Gasteiger partial charge >= 0.3 is 0 Å². The molecular weight excluding hydrogens is 234 g/mol. The average Bonchev–Trinajstić information content (AvgIpc) is 2.46. The number of pyridine rings is 1. The lowest BCUT2D eigenvalue weighted by Crippen LogP contribution is -2.10. The number of hydrogen-bond donors (Lipinski definition) is 2. The minimum absolute atomic E-state index is 0.332. The van der Waals surface area contributed by atoms with Gasteiger partial charge in [-0.3, -0.25) is 0 Å². The Hall–Kier alpha value is -2.03. The highest BCUT2D eigenvalue weighted by Crippen LogP contribution is 2.23. The van der Waals surface area contributed by atoms with Gasteiger partial charge in [0.1, 0.15) is 5.82 Å². The first-order valence-electron chi connectivity index (χ1n) is 6.85. The summed E-state index contributed by atoms with van der Waals surface area (Å²) in [6.45, 7) is 5.14.